The van der Waals surface area contributed by atoms with Crippen LogP contribution in [0.4, 0.5) is 5.69 Å². The van der Waals surface area contributed by atoms with Crippen molar-refractivity contribution in [3.8, 4) is 5.75 Å². The zero-order valence-electron chi connectivity index (χ0n) is 16.3. The zero-order chi connectivity index (χ0) is 21.8. The Bertz CT molecular complexity index is 960. The zero-order valence-corrected chi connectivity index (χ0v) is 17.2. The van der Waals surface area contributed by atoms with Crippen molar-refractivity contribution in [2.45, 2.75) is 24.1 Å². The summed E-state index contributed by atoms with van der Waals surface area (Å²) in [6, 6.07) is 9.75. The van der Waals surface area contributed by atoms with Crippen LogP contribution in [0.15, 0.2) is 48.8 Å². The Morgan fingerprint density at radius 1 is 1.17 bits per heavy atom. The first-order valence-corrected chi connectivity index (χ1v) is 11.0. The van der Waals surface area contributed by atoms with Crippen LogP contribution in [0.5, 0.6) is 5.75 Å². The molecule has 0 saturated carbocycles. The highest BCUT2D eigenvalue weighted by atomic mass is 32.2. The van der Waals surface area contributed by atoms with Gasteiger partial charge in [0.2, 0.25) is 0 Å². The Balaban J connectivity index is 1.57. The molecule has 1 aromatic heterocycles. The number of ether oxygens (including phenoxy) is 1. The minimum absolute atomic E-state index is 0.0228. The SMILES string of the molecule is NC(CC(=O)O)(c1ccc(OCC2CCN(c3ccncc3)CC2)cc1)S(=O)(=O)O. The molecule has 0 amide bonds. The maximum Gasteiger partial charge on any atom is 0.306 e. The van der Waals surface area contributed by atoms with Gasteiger partial charge in [-0.05, 0) is 48.6 Å². The van der Waals surface area contributed by atoms with Crippen molar-refractivity contribution in [1.82, 2.24) is 4.98 Å². The molecule has 0 spiro atoms. The Kier molecular flexibility index (Phi) is 6.59. The molecule has 3 rings (SSSR count). The highest BCUT2D eigenvalue weighted by Crippen LogP contribution is 2.30. The molecule has 1 aromatic carbocycles. The number of aromatic nitrogens is 1. The summed E-state index contributed by atoms with van der Waals surface area (Å²) in [7, 11) is -4.84. The molecular formula is C20H25N3O6S. The summed E-state index contributed by atoms with van der Waals surface area (Å²) < 4.78 is 38.6. The third-order valence-corrected chi connectivity index (χ3v) is 6.65. The highest BCUT2D eigenvalue weighted by molar-refractivity contribution is 7.86. The number of benzene rings is 1. The van der Waals surface area contributed by atoms with E-state index in [-0.39, 0.29) is 5.56 Å². The number of aliphatic carboxylic acids is 1. The first-order valence-electron chi connectivity index (χ1n) is 9.55. The summed E-state index contributed by atoms with van der Waals surface area (Å²) >= 11 is 0. The summed E-state index contributed by atoms with van der Waals surface area (Å²) in [4.78, 5) is 14.9. The second kappa shape index (κ2) is 8.99. The van der Waals surface area contributed by atoms with Gasteiger partial charge < -0.3 is 20.5 Å². The van der Waals surface area contributed by atoms with Crippen LogP contribution in [0.1, 0.15) is 24.8 Å². The van der Waals surface area contributed by atoms with Crippen LogP contribution in [-0.4, -0.2) is 48.7 Å². The fraction of sp³-hybridized carbons (Fsp3) is 0.400. The molecule has 0 radical (unpaired) electrons. The number of rotatable bonds is 8. The van der Waals surface area contributed by atoms with Gasteiger partial charge in [0.1, 0.15) is 5.75 Å². The van der Waals surface area contributed by atoms with Gasteiger partial charge in [0.15, 0.2) is 4.87 Å². The Morgan fingerprint density at radius 3 is 2.30 bits per heavy atom. The predicted octanol–water partition coefficient (Wildman–Crippen LogP) is 1.85. The van der Waals surface area contributed by atoms with E-state index in [4.69, 9.17) is 15.6 Å². The van der Waals surface area contributed by atoms with Gasteiger partial charge in [0.25, 0.3) is 10.1 Å². The van der Waals surface area contributed by atoms with Crippen LogP contribution in [0.25, 0.3) is 0 Å². The van der Waals surface area contributed by atoms with Crippen LogP contribution in [0.3, 0.4) is 0 Å². The highest BCUT2D eigenvalue weighted by Gasteiger charge is 2.43. The number of hydrogen-bond donors (Lipinski definition) is 3. The van der Waals surface area contributed by atoms with E-state index in [0.717, 1.165) is 31.6 Å². The van der Waals surface area contributed by atoms with E-state index < -0.39 is 27.4 Å². The van der Waals surface area contributed by atoms with Gasteiger partial charge in [-0.3, -0.25) is 14.3 Å². The fourth-order valence-electron chi connectivity index (χ4n) is 3.53. The molecule has 1 aliphatic heterocycles. The molecule has 9 nitrogen and oxygen atoms in total. The fourth-order valence-corrected chi connectivity index (χ4v) is 4.27. The molecule has 0 aliphatic carbocycles. The van der Waals surface area contributed by atoms with Gasteiger partial charge >= 0.3 is 5.97 Å². The molecule has 162 valence electrons. The second-order valence-electron chi connectivity index (χ2n) is 7.41. The number of nitrogens with zero attached hydrogens (tertiary/aromatic N) is 2. The van der Waals surface area contributed by atoms with E-state index in [1.54, 1.807) is 12.4 Å². The summed E-state index contributed by atoms with van der Waals surface area (Å²) in [6.45, 7) is 2.37. The summed E-state index contributed by atoms with van der Waals surface area (Å²) in [6.07, 6.45) is 4.56. The quantitative estimate of drug-likeness (QED) is 0.529. The van der Waals surface area contributed by atoms with Gasteiger partial charge in [-0.15, -0.1) is 0 Å². The third kappa shape index (κ3) is 5.07. The van der Waals surface area contributed by atoms with Crippen molar-refractivity contribution in [2.75, 3.05) is 24.6 Å². The number of carboxylic acids is 1. The molecule has 1 unspecified atom stereocenters. The van der Waals surface area contributed by atoms with Crippen LogP contribution in [0.2, 0.25) is 0 Å². The van der Waals surface area contributed by atoms with Gasteiger partial charge in [-0.1, -0.05) is 12.1 Å². The molecule has 1 atom stereocenters. The summed E-state index contributed by atoms with van der Waals surface area (Å²) in [5.74, 6) is -0.530. The smallest absolute Gasteiger partial charge is 0.306 e. The van der Waals surface area contributed by atoms with E-state index in [9.17, 15) is 17.8 Å². The van der Waals surface area contributed by atoms with Gasteiger partial charge in [0, 0.05) is 31.2 Å². The molecule has 2 aromatic rings. The molecular weight excluding hydrogens is 410 g/mol. The normalized spacial score (nSPS) is 17.3. The Hall–Kier alpha value is -2.69. The van der Waals surface area contributed by atoms with E-state index in [1.165, 1.54) is 24.3 Å². The molecule has 10 heteroatoms. The number of anilines is 1. The number of carbonyl (C=O) groups is 1. The van der Waals surface area contributed by atoms with Crippen molar-refractivity contribution >= 4 is 21.8 Å². The van der Waals surface area contributed by atoms with Gasteiger partial charge in [-0.25, -0.2) is 0 Å². The lowest BCUT2D eigenvalue weighted by Crippen LogP contribution is -2.46. The van der Waals surface area contributed by atoms with Gasteiger partial charge in [0.05, 0.1) is 13.0 Å². The summed E-state index contributed by atoms with van der Waals surface area (Å²) in [5.41, 5.74) is 6.87. The minimum Gasteiger partial charge on any atom is -0.493 e. The van der Waals surface area contributed by atoms with E-state index >= 15 is 0 Å². The average Bonchev–Trinajstić information content (AvgIpc) is 2.72. The monoisotopic (exact) mass is 435 g/mol. The first kappa shape index (κ1) is 22.0. The maximum atomic E-state index is 11.7. The summed E-state index contributed by atoms with van der Waals surface area (Å²) in [5, 5.41) is 8.96. The number of pyridine rings is 1. The topological polar surface area (TPSA) is 143 Å². The van der Waals surface area contributed by atoms with Crippen LogP contribution < -0.4 is 15.4 Å². The van der Waals surface area contributed by atoms with Crippen LogP contribution in [0, 0.1) is 5.92 Å². The van der Waals surface area contributed by atoms with E-state index in [0.29, 0.717) is 18.3 Å². The molecule has 2 heterocycles. The lowest BCUT2D eigenvalue weighted by Gasteiger charge is -2.33. The first-order chi connectivity index (χ1) is 14.2. The predicted molar refractivity (Wildman–Crippen MR) is 111 cm³/mol. The number of piperidine rings is 1. The molecule has 30 heavy (non-hydrogen) atoms. The largest absolute Gasteiger partial charge is 0.493 e. The maximum absolute atomic E-state index is 11.7. The van der Waals surface area contributed by atoms with Crippen molar-refractivity contribution in [3.63, 3.8) is 0 Å². The number of carboxylic acid groups (broad SMARTS) is 1. The lowest BCUT2D eigenvalue weighted by atomic mass is 9.97. The van der Waals surface area contributed by atoms with Crippen molar-refractivity contribution < 1.29 is 27.6 Å². The van der Waals surface area contributed by atoms with Crippen molar-refractivity contribution in [3.05, 3.63) is 54.4 Å². The Morgan fingerprint density at radius 2 is 1.77 bits per heavy atom. The van der Waals surface area contributed by atoms with Crippen LogP contribution >= 0.6 is 0 Å². The van der Waals surface area contributed by atoms with E-state index in [1.807, 2.05) is 12.1 Å². The number of hydrogen-bond acceptors (Lipinski definition) is 7. The van der Waals surface area contributed by atoms with Gasteiger partial charge in [-0.2, -0.15) is 8.42 Å². The Labute approximate surface area is 175 Å². The molecule has 1 aliphatic rings. The minimum atomic E-state index is -4.84. The molecule has 0 bridgehead atoms. The van der Waals surface area contributed by atoms with Crippen LogP contribution in [-0.2, 0) is 19.8 Å². The lowest BCUT2D eigenvalue weighted by molar-refractivity contribution is -0.137. The van der Waals surface area contributed by atoms with Crippen molar-refractivity contribution in [1.29, 1.82) is 0 Å². The van der Waals surface area contributed by atoms with E-state index in [2.05, 4.69) is 9.88 Å². The standard InChI is InChI=1S/C20H25N3O6S/c21-20(13-19(24)25,30(26,27)28)16-1-3-18(4-2-16)29-14-15-7-11-23(12-8-15)17-5-9-22-10-6-17/h1-6,9-10,15H,7-8,11-14,21H2,(H,24,25)(H,26,27,28). The third-order valence-electron chi connectivity index (χ3n) is 5.35. The number of nitrogens with two attached hydrogens (primary N) is 1. The van der Waals surface area contributed by atoms with Crippen molar-refractivity contribution in [2.24, 2.45) is 11.7 Å². The molecule has 1 fully saturated rings. The molecule has 4 N–H and O–H groups in total. The molecule has 1 saturated heterocycles. The second-order valence-corrected chi connectivity index (χ2v) is 9.08. The average molecular weight is 436 g/mol.